The van der Waals surface area contributed by atoms with Gasteiger partial charge in [0.2, 0.25) is 5.91 Å². The van der Waals surface area contributed by atoms with Gasteiger partial charge in [0.1, 0.15) is 5.75 Å². The van der Waals surface area contributed by atoms with E-state index in [4.69, 9.17) is 4.74 Å². The zero-order valence-corrected chi connectivity index (χ0v) is 11.8. The minimum Gasteiger partial charge on any atom is -0.497 e. The number of aryl methyl sites for hydroxylation is 1. The number of nitrogens with one attached hydrogen (secondary N) is 1. The molecule has 0 saturated heterocycles. The maximum absolute atomic E-state index is 12.0. The number of hydrogen-bond acceptors (Lipinski definition) is 4. The molecule has 1 unspecified atom stereocenters. The van der Waals surface area contributed by atoms with Crippen molar-refractivity contribution in [2.75, 3.05) is 12.4 Å². The van der Waals surface area contributed by atoms with Crippen LogP contribution in [0.5, 0.6) is 5.75 Å². The molecule has 2 rings (SSSR count). The quantitative estimate of drug-likeness (QED) is 0.900. The van der Waals surface area contributed by atoms with E-state index in [1.807, 2.05) is 31.2 Å². The topological polar surface area (TPSA) is 69.0 Å². The zero-order chi connectivity index (χ0) is 14.5. The highest BCUT2D eigenvalue weighted by Crippen LogP contribution is 2.15. The number of anilines is 1. The van der Waals surface area contributed by atoms with Gasteiger partial charge in [-0.25, -0.2) is 0 Å². The lowest BCUT2D eigenvalue weighted by molar-refractivity contribution is -0.119. The van der Waals surface area contributed by atoms with Crippen molar-refractivity contribution < 1.29 is 9.53 Å². The van der Waals surface area contributed by atoms with E-state index in [0.717, 1.165) is 11.3 Å². The molecule has 0 aliphatic carbocycles. The summed E-state index contributed by atoms with van der Waals surface area (Å²) in [7, 11) is 3.38. The largest absolute Gasteiger partial charge is 0.497 e. The highest BCUT2D eigenvalue weighted by Gasteiger charge is 2.15. The lowest BCUT2D eigenvalue weighted by Crippen LogP contribution is -2.22. The number of amides is 1. The van der Waals surface area contributed by atoms with Crippen LogP contribution in [-0.2, 0) is 18.3 Å². The van der Waals surface area contributed by atoms with Crippen LogP contribution in [0.3, 0.4) is 0 Å². The fraction of sp³-hybridized carbons (Fsp3) is 0.357. The lowest BCUT2D eigenvalue weighted by Gasteiger charge is -2.11. The Bertz CT molecular complexity index is 577. The van der Waals surface area contributed by atoms with E-state index in [9.17, 15) is 4.79 Å². The fourth-order valence-electron chi connectivity index (χ4n) is 1.86. The monoisotopic (exact) mass is 274 g/mol. The van der Waals surface area contributed by atoms with Crippen LogP contribution in [0.25, 0.3) is 0 Å². The molecule has 0 saturated carbocycles. The summed E-state index contributed by atoms with van der Waals surface area (Å²) in [6.07, 6.45) is 2.33. The molecule has 2 aromatic rings. The van der Waals surface area contributed by atoms with Crippen molar-refractivity contribution in [2.24, 2.45) is 13.0 Å². The molecule has 1 aromatic carbocycles. The Labute approximate surface area is 117 Å². The van der Waals surface area contributed by atoms with E-state index in [2.05, 4.69) is 15.6 Å². The van der Waals surface area contributed by atoms with Gasteiger partial charge in [0, 0.05) is 13.0 Å². The fourth-order valence-corrected chi connectivity index (χ4v) is 1.86. The average Bonchev–Trinajstić information content (AvgIpc) is 2.85. The normalized spacial score (nSPS) is 11.9. The first kappa shape index (κ1) is 14.0. The van der Waals surface area contributed by atoms with Gasteiger partial charge in [0.25, 0.3) is 0 Å². The summed E-state index contributed by atoms with van der Waals surface area (Å²) in [5.74, 6) is 1.07. The summed E-state index contributed by atoms with van der Waals surface area (Å²) in [4.78, 5) is 12.0. The predicted molar refractivity (Wildman–Crippen MR) is 75.5 cm³/mol. The zero-order valence-electron chi connectivity index (χ0n) is 11.8. The summed E-state index contributed by atoms with van der Waals surface area (Å²) >= 11 is 0. The second kappa shape index (κ2) is 6.18. The van der Waals surface area contributed by atoms with Crippen LogP contribution in [0.1, 0.15) is 12.5 Å². The lowest BCUT2D eigenvalue weighted by atomic mass is 10.0. The minimum absolute atomic E-state index is 0.0682. The SMILES string of the molecule is COc1ccc(CC(C)C(=O)Nc2cn(C)nn2)cc1. The Morgan fingerprint density at radius 3 is 2.65 bits per heavy atom. The number of carbonyl (C=O) groups excluding carboxylic acids is 1. The van der Waals surface area contributed by atoms with Crippen molar-refractivity contribution in [3.8, 4) is 5.75 Å². The molecule has 0 spiro atoms. The first-order valence-electron chi connectivity index (χ1n) is 6.38. The van der Waals surface area contributed by atoms with E-state index >= 15 is 0 Å². The number of ether oxygens (including phenoxy) is 1. The van der Waals surface area contributed by atoms with Gasteiger partial charge in [0.05, 0.1) is 13.3 Å². The van der Waals surface area contributed by atoms with Crippen molar-refractivity contribution in [3.63, 3.8) is 0 Å². The highest BCUT2D eigenvalue weighted by molar-refractivity contribution is 5.91. The number of aromatic nitrogens is 3. The van der Waals surface area contributed by atoms with Crippen LogP contribution in [-0.4, -0.2) is 28.0 Å². The minimum atomic E-state index is -0.148. The molecule has 6 nitrogen and oxygen atoms in total. The third-order valence-corrected chi connectivity index (χ3v) is 3.00. The predicted octanol–water partition coefficient (Wildman–Crippen LogP) is 1.64. The molecule has 106 valence electrons. The molecule has 1 atom stereocenters. The summed E-state index contributed by atoms with van der Waals surface area (Å²) < 4.78 is 6.65. The summed E-state index contributed by atoms with van der Waals surface area (Å²) in [6.45, 7) is 1.88. The van der Waals surface area contributed by atoms with Crippen molar-refractivity contribution in [1.82, 2.24) is 15.0 Å². The molecule has 0 radical (unpaired) electrons. The molecule has 1 amide bonds. The maximum Gasteiger partial charge on any atom is 0.228 e. The maximum atomic E-state index is 12.0. The van der Waals surface area contributed by atoms with Gasteiger partial charge >= 0.3 is 0 Å². The summed E-state index contributed by atoms with van der Waals surface area (Å²) in [6, 6.07) is 7.71. The van der Waals surface area contributed by atoms with Gasteiger partial charge in [-0.3, -0.25) is 9.48 Å². The van der Waals surface area contributed by atoms with Crippen LogP contribution < -0.4 is 10.1 Å². The van der Waals surface area contributed by atoms with E-state index in [1.54, 1.807) is 25.0 Å². The Hall–Kier alpha value is -2.37. The van der Waals surface area contributed by atoms with Crippen LogP contribution in [0.15, 0.2) is 30.5 Å². The van der Waals surface area contributed by atoms with E-state index in [-0.39, 0.29) is 11.8 Å². The molecule has 0 bridgehead atoms. The first-order chi connectivity index (χ1) is 9.58. The Morgan fingerprint density at radius 1 is 1.40 bits per heavy atom. The molecule has 1 aromatic heterocycles. The highest BCUT2D eigenvalue weighted by atomic mass is 16.5. The summed E-state index contributed by atoms with van der Waals surface area (Å²) in [5.41, 5.74) is 1.09. The van der Waals surface area contributed by atoms with Crippen LogP contribution in [0.4, 0.5) is 5.82 Å². The number of benzene rings is 1. The number of carbonyl (C=O) groups is 1. The molecule has 0 aliphatic heterocycles. The smallest absolute Gasteiger partial charge is 0.228 e. The van der Waals surface area contributed by atoms with Crippen molar-refractivity contribution in [2.45, 2.75) is 13.3 Å². The first-order valence-corrected chi connectivity index (χ1v) is 6.38. The van der Waals surface area contributed by atoms with Gasteiger partial charge in [-0.2, -0.15) is 0 Å². The molecule has 0 fully saturated rings. The third-order valence-electron chi connectivity index (χ3n) is 3.00. The van der Waals surface area contributed by atoms with Gasteiger partial charge in [-0.1, -0.05) is 24.3 Å². The summed E-state index contributed by atoms with van der Waals surface area (Å²) in [5, 5.41) is 10.3. The van der Waals surface area contributed by atoms with Crippen molar-refractivity contribution >= 4 is 11.7 Å². The van der Waals surface area contributed by atoms with Gasteiger partial charge < -0.3 is 10.1 Å². The van der Waals surface area contributed by atoms with E-state index in [0.29, 0.717) is 12.2 Å². The molecule has 0 aliphatic rings. The van der Waals surface area contributed by atoms with E-state index in [1.165, 1.54) is 0 Å². The number of hydrogen-bond donors (Lipinski definition) is 1. The third kappa shape index (κ3) is 3.57. The Morgan fingerprint density at radius 2 is 2.10 bits per heavy atom. The second-order valence-electron chi connectivity index (χ2n) is 4.72. The van der Waals surface area contributed by atoms with Crippen LogP contribution in [0, 0.1) is 5.92 Å². The number of rotatable bonds is 5. The second-order valence-corrected chi connectivity index (χ2v) is 4.72. The van der Waals surface area contributed by atoms with Crippen molar-refractivity contribution in [1.29, 1.82) is 0 Å². The molecule has 1 N–H and O–H groups in total. The van der Waals surface area contributed by atoms with Gasteiger partial charge in [-0.15, -0.1) is 5.10 Å². The van der Waals surface area contributed by atoms with E-state index < -0.39 is 0 Å². The number of methoxy groups -OCH3 is 1. The molecular weight excluding hydrogens is 256 g/mol. The molecule has 20 heavy (non-hydrogen) atoms. The molecule has 6 heteroatoms. The van der Waals surface area contributed by atoms with Crippen LogP contribution in [0.2, 0.25) is 0 Å². The standard InChI is InChI=1S/C14H18N4O2/c1-10(8-11-4-6-12(20-3)7-5-11)14(19)15-13-9-18(2)17-16-13/h4-7,9-10H,8H2,1-3H3,(H,15,19). The molecule has 1 heterocycles. The molecular formula is C14H18N4O2. The van der Waals surface area contributed by atoms with Gasteiger partial charge in [-0.05, 0) is 24.1 Å². The van der Waals surface area contributed by atoms with Crippen LogP contribution >= 0.6 is 0 Å². The Kier molecular flexibility index (Phi) is 4.34. The van der Waals surface area contributed by atoms with Crippen molar-refractivity contribution in [3.05, 3.63) is 36.0 Å². The average molecular weight is 274 g/mol. The number of nitrogens with zero attached hydrogens (tertiary/aromatic N) is 3. The Balaban J connectivity index is 1.92. The van der Waals surface area contributed by atoms with Gasteiger partial charge in [0.15, 0.2) is 5.82 Å².